The van der Waals surface area contributed by atoms with Crippen LogP contribution in [-0.2, 0) is 0 Å². The van der Waals surface area contributed by atoms with E-state index < -0.39 is 0 Å². The molecule has 1 rings (SSSR count). The topological polar surface area (TPSA) is 95.2 Å². The summed E-state index contributed by atoms with van der Waals surface area (Å²) in [4.78, 5) is 0. The van der Waals surface area contributed by atoms with Crippen LogP contribution in [-0.4, -0.2) is 25.4 Å². The normalized spacial score (nSPS) is 10.9. The summed E-state index contributed by atoms with van der Waals surface area (Å²) in [7, 11) is 0. The van der Waals surface area contributed by atoms with Crippen LogP contribution in [0.1, 0.15) is 32.8 Å². The summed E-state index contributed by atoms with van der Waals surface area (Å²) < 4.78 is 11.4. The molecule has 0 aliphatic heterocycles. The first-order valence-corrected chi connectivity index (χ1v) is 7.04. The molecule has 0 unspecified atom stereocenters. The van der Waals surface area contributed by atoms with E-state index in [4.69, 9.17) is 20.9 Å². The van der Waals surface area contributed by atoms with E-state index >= 15 is 0 Å². The number of benzene rings is 1. The van der Waals surface area contributed by atoms with Crippen molar-refractivity contribution in [1.82, 2.24) is 0 Å². The molecule has 0 atom stereocenters. The minimum atomic E-state index is -0.0788. The van der Waals surface area contributed by atoms with Crippen molar-refractivity contribution in [2.24, 2.45) is 27.6 Å². The van der Waals surface area contributed by atoms with Crippen molar-refractivity contribution in [3.63, 3.8) is 0 Å². The summed E-state index contributed by atoms with van der Waals surface area (Å²) in [5.74, 6) is 1.95. The van der Waals surface area contributed by atoms with Gasteiger partial charge in [-0.25, -0.2) is 0 Å². The maximum absolute atomic E-state index is 5.76. The van der Waals surface area contributed by atoms with E-state index in [0.29, 0.717) is 24.9 Å². The summed E-state index contributed by atoms with van der Waals surface area (Å²) in [6.45, 7) is 7.48. The lowest BCUT2D eigenvalue weighted by Gasteiger charge is -2.13. The highest BCUT2D eigenvalue weighted by Gasteiger charge is 2.06. The third-order valence-corrected chi connectivity index (χ3v) is 2.60. The quantitative estimate of drug-likeness (QED) is 0.436. The van der Waals surface area contributed by atoms with Crippen LogP contribution in [0.2, 0.25) is 0 Å². The molecule has 0 amide bonds. The average Bonchev–Trinajstić information content (AvgIpc) is 2.40. The van der Waals surface area contributed by atoms with Gasteiger partial charge in [-0.3, -0.25) is 0 Å². The highest BCUT2D eigenvalue weighted by molar-refractivity contribution is 5.82. The van der Waals surface area contributed by atoms with Crippen molar-refractivity contribution in [2.75, 3.05) is 13.2 Å². The molecule has 4 N–H and O–H groups in total. The van der Waals surface area contributed by atoms with E-state index in [9.17, 15) is 0 Å². The van der Waals surface area contributed by atoms with Gasteiger partial charge in [-0.05, 0) is 43.0 Å². The zero-order chi connectivity index (χ0) is 15.7. The van der Waals surface area contributed by atoms with Gasteiger partial charge < -0.3 is 20.9 Å². The number of nitrogens with zero attached hydrogens (tertiary/aromatic N) is 2. The van der Waals surface area contributed by atoms with Crippen LogP contribution in [0, 0.1) is 5.92 Å². The van der Waals surface area contributed by atoms with Crippen molar-refractivity contribution >= 4 is 12.2 Å². The first-order valence-electron chi connectivity index (χ1n) is 7.04. The Balaban J connectivity index is 2.80. The number of nitrogens with two attached hydrogens (primary N) is 2. The van der Waals surface area contributed by atoms with E-state index in [1.807, 2.05) is 25.1 Å². The molecule has 1 aromatic carbocycles. The van der Waals surface area contributed by atoms with Crippen LogP contribution >= 0.6 is 0 Å². The van der Waals surface area contributed by atoms with E-state index in [0.717, 1.165) is 17.7 Å². The molecule has 0 spiro atoms. The first-order chi connectivity index (χ1) is 10.0. The van der Waals surface area contributed by atoms with Crippen molar-refractivity contribution in [3.05, 3.63) is 23.8 Å². The number of hydrogen-bond donors (Lipinski definition) is 2. The van der Waals surface area contributed by atoms with Crippen molar-refractivity contribution in [2.45, 2.75) is 27.2 Å². The van der Waals surface area contributed by atoms with Crippen molar-refractivity contribution in [1.29, 1.82) is 0 Å². The Morgan fingerprint density at radius 3 is 2.62 bits per heavy atom. The monoisotopic (exact) mass is 292 g/mol. The zero-order valence-electron chi connectivity index (χ0n) is 12.9. The van der Waals surface area contributed by atoms with Gasteiger partial charge in [-0.1, -0.05) is 13.8 Å². The van der Waals surface area contributed by atoms with Crippen LogP contribution in [0.15, 0.2) is 28.4 Å². The van der Waals surface area contributed by atoms with Gasteiger partial charge in [0.25, 0.3) is 0 Å². The molecule has 0 heterocycles. The maximum Gasteiger partial charge on any atom is 0.211 e. The summed E-state index contributed by atoms with van der Waals surface area (Å²) in [6.07, 6.45) is 2.55. The van der Waals surface area contributed by atoms with Crippen LogP contribution in [0.3, 0.4) is 0 Å². The Bertz CT molecular complexity index is 494. The Morgan fingerprint density at radius 2 is 2.00 bits per heavy atom. The molecule has 21 heavy (non-hydrogen) atoms. The highest BCUT2D eigenvalue weighted by Crippen LogP contribution is 2.28. The van der Waals surface area contributed by atoms with Gasteiger partial charge in [0.1, 0.15) is 0 Å². The summed E-state index contributed by atoms with van der Waals surface area (Å²) >= 11 is 0. The summed E-state index contributed by atoms with van der Waals surface area (Å²) in [6, 6.07) is 5.58. The minimum absolute atomic E-state index is 0.0788. The Hall–Kier alpha value is -2.24. The maximum atomic E-state index is 5.76. The summed E-state index contributed by atoms with van der Waals surface area (Å²) in [5.41, 5.74) is 11.2. The molecule has 6 heteroatoms. The van der Waals surface area contributed by atoms with Crippen LogP contribution < -0.4 is 20.9 Å². The van der Waals surface area contributed by atoms with E-state index in [2.05, 4.69) is 24.1 Å². The van der Waals surface area contributed by atoms with Crippen molar-refractivity contribution < 1.29 is 9.47 Å². The lowest BCUT2D eigenvalue weighted by molar-refractivity contribution is 0.261. The van der Waals surface area contributed by atoms with Crippen LogP contribution in [0.5, 0.6) is 11.5 Å². The third-order valence-electron chi connectivity index (χ3n) is 2.60. The molecule has 0 aromatic heterocycles. The second-order valence-electron chi connectivity index (χ2n) is 4.94. The van der Waals surface area contributed by atoms with Gasteiger partial charge in [-0.15, -0.1) is 5.10 Å². The zero-order valence-corrected chi connectivity index (χ0v) is 12.9. The van der Waals surface area contributed by atoms with Gasteiger partial charge >= 0.3 is 0 Å². The number of hydrogen-bond acceptors (Lipinski definition) is 4. The molecule has 6 nitrogen and oxygen atoms in total. The molecule has 0 aliphatic carbocycles. The van der Waals surface area contributed by atoms with E-state index in [1.165, 1.54) is 0 Å². The Labute approximate surface area is 125 Å². The summed E-state index contributed by atoms with van der Waals surface area (Å²) in [5, 5.41) is 7.33. The van der Waals surface area contributed by atoms with Gasteiger partial charge in [-0.2, -0.15) is 5.10 Å². The van der Waals surface area contributed by atoms with Gasteiger partial charge in [0.2, 0.25) is 5.96 Å². The van der Waals surface area contributed by atoms with Crippen LogP contribution in [0.25, 0.3) is 0 Å². The number of ether oxygens (including phenoxy) is 2. The smallest absolute Gasteiger partial charge is 0.211 e. The predicted molar refractivity (Wildman–Crippen MR) is 86.0 cm³/mol. The van der Waals surface area contributed by atoms with Gasteiger partial charge in [0, 0.05) is 0 Å². The number of rotatable bonds is 8. The average molecular weight is 292 g/mol. The largest absolute Gasteiger partial charge is 0.490 e. The fourth-order valence-corrected chi connectivity index (χ4v) is 1.56. The minimum Gasteiger partial charge on any atom is -0.490 e. The molecule has 0 fully saturated rings. The molecule has 0 aliphatic rings. The molecular weight excluding hydrogens is 268 g/mol. The predicted octanol–water partition coefficient (Wildman–Crippen LogP) is 2.12. The van der Waals surface area contributed by atoms with Gasteiger partial charge in [0.05, 0.1) is 19.4 Å². The van der Waals surface area contributed by atoms with Gasteiger partial charge in [0.15, 0.2) is 11.5 Å². The Kier molecular flexibility index (Phi) is 7.08. The van der Waals surface area contributed by atoms with Crippen molar-refractivity contribution in [3.8, 4) is 11.5 Å². The first kappa shape index (κ1) is 16.8. The molecule has 116 valence electrons. The fraction of sp³-hybridized carbons (Fsp3) is 0.467. The standard InChI is InChI=1S/C15H24N4O2/c1-4-20-14-9-12(10-18-19-15(16)17)5-6-13(14)21-8-7-11(2)3/h5-6,9-11H,4,7-8H2,1-3H3,(H4,16,17,19). The molecular formula is C15H24N4O2. The van der Waals surface area contributed by atoms with E-state index in [-0.39, 0.29) is 5.96 Å². The number of guanidine groups is 1. The Morgan fingerprint density at radius 1 is 1.24 bits per heavy atom. The molecule has 0 saturated carbocycles. The lowest BCUT2D eigenvalue weighted by atomic mass is 10.1. The van der Waals surface area contributed by atoms with E-state index in [1.54, 1.807) is 6.21 Å². The fourth-order valence-electron chi connectivity index (χ4n) is 1.56. The second-order valence-corrected chi connectivity index (χ2v) is 4.94. The molecule has 0 saturated heterocycles. The highest BCUT2D eigenvalue weighted by atomic mass is 16.5. The SMILES string of the molecule is CCOc1cc(C=NN=C(N)N)ccc1OCCC(C)C. The molecule has 1 aromatic rings. The lowest BCUT2D eigenvalue weighted by Crippen LogP contribution is -2.21. The third kappa shape index (κ3) is 6.65. The van der Waals surface area contributed by atoms with Crippen LogP contribution in [0.4, 0.5) is 0 Å². The molecule has 0 bridgehead atoms. The second kappa shape index (κ2) is 8.84. The molecule has 0 radical (unpaired) electrons.